The second-order valence-electron chi connectivity index (χ2n) is 5.26. The van der Waals surface area contributed by atoms with E-state index in [0.717, 1.165) is 11.2 Å². The Bertz CT molecular complexity index is 1010. The monoisotopic (exact) mass is 331 g/mol. The highest BCUT2D eigenvalue weighted by atomic mass is 16.1. The average Bonchev–Trinajstić information content (AvgIpc) is 3.12. The van der Waals surface area contributed by atoms with Crippen LogP contribution in [0.4, 0.5) is 17.3 Å². The molecule has 2 aromatic heterocycles. The van der Waals surface area contributed by atoms with E-state index in [1.54, 1.807) is 48.8 Å². The lowest BCUT2D eigenvalue weighted by Gasteiger charge is -2.07. The van der Waals surface area contributed by atoms with Crippen molar-refractivity contribution < 1.29 is 4.79 Å². The first-order chi connectivity index (χ1) is 12.3. The van der Waals surface area contributed by atoms with Crippen LogP contribution < -0.4 is 10.6 Å². The Hall–Kier alpha value is -3.81. The summed E-state index contributed by atoms with van der Waals surface area (Å²) in [6, 6.07) is 14.2. The molecule has 1 amide bonds. The highest BCUT2D eigenvalue weighted by Gasteiger charge is 2.08. The molecule has 2 aromatic carbocycles. The first-order valence-electron chi connectivity index (χ1n) is 7.54. The molecular formula is C17H13N7O. The van der Waals surface area contributed by atoms with Crippen LogP contribution in [0.1, 0.15) is 10.4 Å². The Kier molecular flexibility index (Phi) is 3.76. The van der Waals surface area contributed by atoms with Gasteiger partial charge in [-0.15, -0.1) is 0 Å². The fourth-order valence-electron chi connectivity index (χ4n) is 2.31. The maximum Gasteiger partial charge on any atom is 0.255 e. The maximum absolute atomic E-state index is 12.4. The third kappa shape index (κ3) is 3.27. The zero-order chi connectivity index (χ0) is 17.1. The van der Waals surface area contributed by atoms with Gasteiger partial charge in [-0.3, -0.25) is 4.79 Å². The largest absolute Gasteiger partial charge is 0.324 e. The van der Waals surface area contributed by atoms with E-state index in [1.807, 2.05) is 12.1 Å². The topological polar surface area (TPSA) is 108 Å². The molecule has 0 radical (unpaired) electrons. The van der Waals surface area contributed by atoms with Crippen molar-refractivity contribution in [1.29, 1.82) is 0 Å². The standard InChI is InChI=1S/C17H13N7O/c25-16(11-2-7-14-15(10-11)23-24-22-14)20-12-3-5-13(6-4-12)21-17-18-8-1-9-19-17/h1-10H,(H,20,25)(H,18,19,21)(H,22,23,24). The number of benzene rings is 2. The molecule has 0 unspecified atom stereocenters. The normalized spacial score (nSPS) is 10.6. The van der Waals surface area contributed by atoms with Crippen molar-refractivity contribution in [3.05, 3.63) is 66.5 Å². The van der Waals surface area contributed by atoms with Gasteiger partial charge in [-0.05, 0) is 48.5 Å². The van der Waals surface area contributed by atoms with Crippen LogP contribution in [0.5, 0.6) is 0 Å². The molecule has 4 aromatic rings. The van der Waals surface area contributed by atoms with Crippen molar-refractivity contribution in [1.82, 2.24) is 25.4 Å². The van der Waals surface area contributed by atoms with Crippen LogP contribution in [0.25, 0.3) is 11.0 Å². The molecule has 0 fully saturated rings. The van der Waals surface area contributed by atoms with Crippen molar-refractivity contribution in [2.45, 2.75) is 0 Å². The number of rotatable bonds is 4. The van der Waals surface area contributed by atoms with Gasteiger partial charge in [0.1, 0.15) is 11.0 Å². The first-order valence-corrected chi connectivity index (χ1v) is 7.54. The Balaban J connectivity index is 1.46. The average molecular weight is 331 g/mol. The summed E-state index contributed by atoms with van der Waals surface area (Å²) in [4.78, 5) is 20.5. The molecule has 0 spiro atoms. The quantitative estimate of drug-likeness (QED) is 0.530. The number of carbonyl (C=O) groups excluding carboxylic acids is 1. The molecule has 3 N–H and O–H groups in total. The number of hydrogen-bond donors (Lipinski definition) is 3. The number of amides is 1. The van der Waals surface area contributed by atoms with Gasteiger partial charge in [-0.2, -0.15) is 15.4 Å². The van der Waals surface area contributed by atoms with Gasteiger partial charge in [0.15, 0.2) is 0 Å². The summed E-state index contributed by atoms with van der Waals surface area (Å²) in [5.41, 5.74) is 3.39. The number of anilines is 3. The van der Waals surface area contributed by atoms with Crippen molar-refractivity contribution in [2.75, 3.05) is 10.6 Å². The molecule has 0 aliphatic rings. The van der Waals surface area contributed by atoms with Gasteiger partial charge in [-0.25, -0.2) is 9.97 Å². The summed E-state index contributed by atoms with van der Waals surface area (Å²) >= 11 is 0. The van der Waals surface area contributed by atoms with Gasteiger partial charge in [-0.1, -0.05) is 0 Å². The van der Waals surface area contributed by atoms with Crippen molar-refractivity contribution in [3.8, 4) is 0 Å². The predicted octanol–water partition coefficient (Wildman–Crippen LogP) is 2.74. The Morgan fingerprint density at radius 1 is 0.880 bits per heavy atom. The number of fused-ring (bicyclic) bond motifs is 1. The van der Waals surface area contributed by atoms with Crippen LogP contribution in [0.2, 0.25) is 0 Å². The lowest BCUT2D eigenvalue weighted by Crippen LogP contribution is -2.11. The second-order valence-corrected chi connectivity index (χ2v) is 5.26. The highest BCUT2D eigenvalue weighted by Crippen LogP contribution is 2.18. The van der Waals surface area contributed by atoms with E-state index < -0.39 is 0 Å². The molecule has 4 rings (SSSR count). The fraction of sp³-hybridized carbons (Fsp3) is 0. The molecule has 8 heteroatoms. The second kappa shape index (κ2) is 6.36. The number of nitrogens with zero attached hydrogens (tertiary/aromatic N) is 4. The zero-order valence-corrected chi connectivity index (χ0v) is 13.0. The number of aromatic amines is 1. The Labute approximate surface area is 142 Å². The van der Waals surface area contributed by atoms with Crippen LogP contribution in [-0.4, -0.2) is 31.3 Å². The molecule has 0 aliphatic heterocycles. The Morgan fingerprint density at radius 3 is 2.40 bits per heavy atom. The molecule has 25 heavy (non-hydrogen) atoms. The minimum absolute atomic E-state index is 0.211. The van der Waals surface area contributed by atoms with Crippen molar-refractivity contribution in [3.63, 3.8) is 0 Å². The first kappa shape index (κ1) is 14.8. The van der Waals surface area contributed by atoms with Gasteiger partial charge in [0, 0.05) is 29.3 Å². The predicted molar refractivity (Wildman–Crippen MR) is 93.6 cm³/mol. The lowest BCUT2D eigenvalue weighted by atomic mass is 10.2. The van der Waals surface area contributed by atoms with Gasteiger partial charge < -0.3 is 10.6 Å². The minimum Gasteiger partial charge on any atom is -0.324 e. The smallest absolute Gasteiger partial charge is 0.255 e. The van der Waals surface area contributed by atoms with E-state index in [2.05, 4.69) is 36.0 Å². The van der Waals surface area contributed by atoms with Gasteiger partial charge in [0.25, 0.3) is 5.91 Å². The lowest BCUT2D eigenvalue weighted by molar-refractivity contribution is 0.102. The summed E-state index contributed by atoms with van der Waals surface area (Å²) in [7, 11) is 0. The van der Waals surface area contributed by atoms with Crippen molar-refractivity contribution in [2.24, 2.45) is 0 Å². The van der Waals surface area contributed by atoms with E-state index in [4.69, 9.17) is 0 Å². The third-order valence-electron chi connectivity index (χ3n) is 3.54. The molecule has 0 saturated carbocycles. The number of nitrogens with one attached hydrogen (secondary N) is 3. The van der Waals surface area contributed by atoms with E-state index >= 15 is 0 Å². The third-order valence-corrected chi connectivity index (χ3v) is 3.54. The molecular weight excluding hydrogens is 318 g/mol. The number of carbonyl (C=O) groups is 1. The molecule has 0 aliphatic carbocycles. The number of H-pyrrole nitrogens is 1. The summed E-state index contributed by atoms with van der Waals surface area (Å²) in [5, 5.41) is 16.4. The summed E-state index contributed by atoms with van der Waals surface area (Å²) in [6.45, 7) is 0. The summed E-state index contributed by atoms with van der Waals surface area (Å²) in [5.74, 6) is 0.303. The van der Waals surface area contributed by atoms with Gasteiger partial charge in [0.05, 0.1) is 0 Å². The van der Waals surface area contributed by atoms with Crippen LogP contribution in [0, 0.1) is 0 Å². The maximum atomic E-state index is 12.4. The molecule has 8 nitrogen and oxygen atoms in total. The van der Waals surface area contributed by atoms with Crippen LogP contribution in [0.15, 0.2) is 60.9 Å². The SMILES string of the molecule is O=C(Nc1ccc(Nc2ncccn2)cc1)c1ccc2n[nH]nc2c1. The van der Waals surface area contributed by atoms with Gasteiger partial charge >= 0.3 is 0 Å². The number of aromatic nitrogens is 5. The van der Waals surface area contributed by atoms with E-state index in [1.165, 1.54) is 0 Å². The molecule has 0 saturated heterocycles. The molecule has 122 valence electrons. The van der Waals surface area contributed by atoms with Crippen LogP contribution in [-0.2, 0) is 0 Å². The zero-order valence-electron chi connectivity index (χ0n) is 13.0. The number of hydrogen-bond acceptors (Lipinski definition) is 6. The summed E-state index contributed by atoms with van der Waals surface area (Å²) < 4.78 is 0. The van der Waals surface area contributed by atoms with Crippen molar-refractivity contribution >= 4 is 34.3 Å². The molecule has 2 heterocycles. The van der Waals surface area contributed by atoms with E-state index in [9.17, 15) is 4.79 Å². The van der Waals surface area contributed by atoms with Crippen LogP contribution >= 0.6 is 0 Å². The summed E-state index contributed by atoms with van der Waals surface area (Å²) in [6.07, 6.45) is 3.32. The molecule has 0 atom stereocenters. The fourth-order valence-corrected chi connectivity index (χ4v) is 2.31. The van der Waals surface area contributed by atoms with Crippen LogP contribution in [0.3, 0.4) is 0 Å². The molecule has 0 bridgehead atoms. The van der Waals surface area contributed by atoms with E-state index in [0.29, 0.717) is 22.7 Å². The highest BCUT2D eigenvalue weighted by molar-refractivity contribution is 6.05. The minimum atomic E-state index is -0.211. The Morgan fingerprint density at radius 2 is 1.60 bits per heavy atom. The van der Waals surface area contributed by atoms with Gasteiger partial charge in [0.2, 0.25) is 5.95 Å². The van der Waals surface area contributed by atoms with E-state index in [-0.39, 0.29) is 5.91 Å².